The molecule has 1 rings (SSSR count). The first kappa shape index (κ1) is 11.4. The third-order valence-electron chi connectivity index (χ3n) is 2.43. The van der Waals surface area contributed by atoms with Gasteiger partial charge in [-0.3, -0.25) is 10.2 Å². The number of nitrogens with two attached hydrogens (primary N) is 2. The first-order valence-electron chi connectivity index (χ1n) is 5.25. The molecule has 1 fully saturated rings. The number of hydrogen-bond donors (Lipinski definition) is 3. The number of unbranched alkanes of at least 4 members (excludes halogenated alkanes) is 1. The summed E-state index contributed by atoms with van der Waals surface area (Å²) in [5.41, 5.74) is 13.8. The van der Waals surface area contributed by atoms with E-state index in [2.05, 4.69) is 5.43 Å². The molecule has 0 saturated carbocycles. The van der Waals surface area contributed by atoms with Crippen molar-refractivity contribution in [3.05, 3.63) is 0 Å². The quantitative estimate of drug-likeness (QED) is 0.489. The fraction of sp³-hybridized carbons (Fsp3) is 0.889. The summed E-state index contributed by atoms with van der Waals surface area (Å²) in [6.07, 6.45) is 3.73. The summed E-state index contributed by atoms with van der Waals surface area (Å²) in [4.78, 5) is 11.4. The minimum absolute atomic E-state index is 0.0679. The largest absolute Gasteiger partial charge is 0.330 e. The van der Waals surface area contributed by atoms with Crippen LogP contribution in [0.3, 0.4) is 0 Å². The average Bonchev–Trinajstić information content (AvgIpc) is 2.11. The van der Waals surface area contributed by atoms with Gasteiger partial charge in [0, 0.05) is 13.1 Å². The maximum Gasteiger partial charge on any atom is 0.251 e. The van der Waals surface area contributed by atoms with Gasteiger partial charge in [-0.25, -0.2) is 5.01 Å². The van der Waals surface area contributed by atoms with Crippen molar-refractivity contribution in [2.75, 3.05) is 19.6 Å². The molecule has 1 amide bonds. The Balaban J connectivity index is 2.08. The van der Waals surface area contributed by atoms with E-state index in [0.29, 0.717) is 6.54 Å². The zero-order valence-corrected chi connectivity index (χ0v) is 8.54. The highest BCUT2D eigenvalue weighted by Crippen LogP contribution is 2.03. The second-order valence-corrected chi connectivity index (χ2v) is 3.71. The molecule has 0 aliphatic carbocycles. The highest BCUT2D eigenvalue weighted by atomic mass is 16.2. The number of amides is 1. The molecule has 0 radical (unpaired) electrons. The fourth-order valence-electron chi connectivity index (χ4n) is 1.31. The molecule has 0 aromatic carbocycles. The summed E-state index contributed by atoms with van der Waals surface area (Å²) < 4.78 is 0. The number of hydrazine groups is 1. The Morgan fingerprint density at radius 3 is 2.64 bits per heavy atom. The van der Waals surface area contributed by atoms with Gasteiger partial charge in [-0.1, -0.05) is 6.42 Å². The lowest BCUT2D eigenvalue weighted by Crippen LogP contribution is -2.54. The Morgan fingerprint density at radius 2 is 2.14 bits per heavy atom. The van der Waals surface area contributed by atoms with Gasteiger partial charge >= 0.3 is 0 Å². The van der Waals surface area contributed by atoms with E-state index in [0.717, 1.165) is 38.8 Å². The van der Waals surface area contributed by atoms with Crippen LogP contribution in [-0.2, 0) is 4.79 Å². The summed E-state index contributed by atoms with van der Waals surface area (Å²) >= 11 is 0. The molecule has 5 nitrogen and oxygen atoms in total. The van der Waals surface area contributed by atoms with E-state index < -0.39 is 0 Å². The zero-order chi connectivity index (χ0) is 10.4. The van der Waals surface area contributed by atoms with Gasteiger partial charge in [-0.05, 0) is 25.8 Å². The topological polar surface area (TPSA) is 84.4 Å². The monoisotopic (exact) mass is 200 g/mol. The zero-order valence-electron chi connectivity index (χ0n) is 8.54. The van der Waals surface area contributed by atoms with Crippen molar-refractivity contribution in [2.24, 2.45) is 11.5 Å². The molecule has 1 saturated heterocycles. The summed E-state index contributed by atoms with van der Waals surface area (Å²) in [5.74, 6) is -0.0679. The van der Waals surface area contributed by atoms with E-state index >= 15 is 0 Å². The highest BCUT2D eigenvalue weighted by molar-refractivity contribution is 5.80. The van der Waals surface area contributed by atoms with E-state index in [1.54, 1.807) is 0 Å². The lowest BCUT2D eigenvalue weighted by atomic mass is 10.1. The minimum atomic E-state index is -0.387. The number of rotatable bonds is 6. The van der Waals surface area contributed by atoms with Gasteiger partial charge in [0.15, 0.2) is 0 Å². The van der Waals surface area contributed by atoms with Gasteiger partial charge < -0.3 is 11.5 Å². The van der Waals surface area contributed by atoms with Crippen LogP contribution in [0.15, 0.2) is 0 Å². The van der Waals surface area contributed by atoms with Crippen molar-refractivity contribution in [3.63, 3.8) is 0 Å². The Hall–Kier alpha value is -0.650. The molecule has 1 heterocycles. The summed E-state index contributed by atoms with van der Waals surface area (Å²) in [5, 5.41) is 1.89. The predicted octanol–water partition coefficient (Wildman–Crippen LogP) is -0.820. The molecule has 0 spiro atoms. The van der Waals surface area contributed by atoms with Crippen LogP contribution in [0.25, 0.3) is 0 Å². The third kappa shape index (κ3) is 3.61. The Kier molecular flexibility index (Phi) is 4.86. The van der Waals surface area contributed by atoms with Crippen molar-refractivity contribution < 1.29 is 4.79 Å². The SMILES string of the molecule is NCCCC[C@@H](N)C(=O)NN1CCC1. The van der Waals surface area contributed by atoms with Crippen LogP contribution in [0.5, 0.6) is 0 Å². The fourth-order valence-corrected chi connectivity index (χ4v) is 1.31. The number of carbonyl (C=O) groups is 1. The molecule has 1 atom stereocenters. The molecule has 0 bridgehead atoms. The van der Waals surface area contributed by atoms with Crippen molar-refractivity contribution in [1.29, 1.82) is 0 Å². The van der Waals surface area contributed by atoms with Crippen LogP contribution < -0.4 is 16.9 Å². The van der Waals surface area contributed by atoms with Crippen LogP contribution in [0.2, 0.25) is 0 Å². The molecule has 14 heavy (non-hydrogen) atoms. The van der Waals surface area contributed by atoms with Crippen LogP contribution >= 0.6 is 0 Å². The number of nitrogens with one attached hydrogen (secondary N) is 1. The van der Waals surface area contributed by atoms with Crippen molar-refractivity contribution in [1.82, 2.24) is 10.4 Å². The number of nitrogens with zero attached hydrogens (tertiary/aromatic N) is 1. The first-order chi connectivity index (χ1) is 6.74. The Morgan fingerprint density at radius 1 is 1.43 bits per heavy atom. The molecule has 0 aromatic heterocycles. The van der Waals surface area contributed by atoms with E-state index in [-0.39, 0.29) is 11.9 Å². The molecule has 0 unspecified atom stereocenters. The van der Waals surface area contributed by atoms with Crippen LogP contribution in [0.1, 0.15) is 25.7 Å². The predicted molar refractivity (Wildman–Crippen MR) is 55.2 cm³/mol. The molecule has 82 valence electrons. The van der Waals surface area contributed by atoms with Crippen LogP contribution in [0, 0.1) is 0 Å². The van der Waals surface area contributed by atoms with Gasteiger partial charge in [-0.2, -0.15) is 0 Å². The second kappa shape index (κ2) is 5.95. The first-order valence-corrected chi connectivity index (χ1v) is 5.25. The maximum atomic E-state index is 11.4. The van der Waals surface area contributed by atoms with Gasteiger partial charge in [0.1, 0.15) is 0 Å². The van der Waals surface area contributed by atoms with E-state index in [1.165, 1.54) is 0 Å². The third-order valence-corrected chi connectivity index (χ3v) is 2.43. The summed E-state index contributed by atoms with van der Waals surface area (Å²) in [6, 6.07) is -0.387. The van der Waals surface area contributed by atoms with Crippen molar-refractivity contribution >= 4 is 5.91 Å². The van der Waals surface area contributed by atoms with Crippen LogP contribution in [0.4, 0.5) is 0 Å². The Bertz CT molecular complexity index is 182. The summed E-state index contributed by atoms with van der Waals surface area (Å²) in [7, 11) is 0. The molecular formula is C9H20N4O. The molecule has 5 N–H and O–H groups in total. The van der Waals surface area contributed by atoms with Gasteiger partial charge in [-0.15, -0.1) is 0 Å². The van der Waals surface area contributed by atoms with Gasteiger partial charge in [0.25, 0.3) is 5.91 Å². The summed E-state index contributed by atoms with van der Waals surface area (Å²) in [6.45, 7) is 2.56. The van der Waals surface area contributed by atoms with Crippen LogP contribution in [-0.4, -0.2) is 36.6 Å². The van der Waals surface area contributed by atoms with E-state index in [1.807, 2.05) is 5.01 Å². The van der Waals surface area contributed by atoms with Crippen molar-refractivity contribution in [3.8, 4) is 0 Å². The normalized spacial score (nSPS) is 18.7. The highest BCUT2D eigenvalue weighted by Gasteiger charge is 2.19. The maximum absolute atomic E-state index is 11.4. The molecule has 5 heteroatoms. The lowest BCUT2D eigenvalue weighted by molar-refractivity contribution is -0.129. The standard InChI is InChI=1S/C9H20N4O/c10-5-2-1-4-8(11)9(14)12-13-6-3-7-13/h8H,1-7,10-11H2,(H,12,14)/t8-/m1/s1. The molecule has 0 aromatic rings. The average molecular weight is 200 g/mol. The van der Waals surface area contributed by atoms with E-state index in [9.17, 15) is 4.79 Å². The molecule has 1 aliphatic heterocycles. The number of hydrogen-bond acceptors (Lipinski definition) is 4. The molecule has 1 aliphatic rings. The second-order valence-electron chi connectivity index (χ2n) is 3.71. The smallest absolute Gasteiger partial charge is 0.251 e. The van der Waals surface area contributed by atoms with Gasteiger partial charge in [0.2, 0.25) is 0 Å². The number of carbonyl (C=O) groups excluding carboxylic acids is 1. The molecular weight excluding hydrogens is 180 g/mol. The minimum Gasteiger partial charge on any atom is -0.330 e. The van der Waals surface area contributed by atoms with Gasteiger partial charge in [0.05, 0.1) is 6.04 Å². The Labute approximate surface area is 84.8 Å². The van der Waals surface area contributed by atoms with Crippen molar-refractivity contribution in [2.45, 2.75) is 31.7 Å². The van der Waals surface area contributed by atoms with E-state index in [4.69, 9.17) is 11.5 Å². The lowest BCUT2D eigenvalue weighted by Gasteiger charge is -2.31.